The maximum absolute atomic E-state index is 10.6. The second-order valence-electron chi connectivity index (χ2n) is 8.66. The van der Waals surface area contributed by atoms with Crippen molar-refractivity contribution in [2.45, 2.75) is 38.5 Å². The summed E-state index contributed by atoms with van der Waals surface area (Å²) < 4.78 is 8.23. The van der Waals surface area contributed by atoms with Crippen molar-refractivity contribution < 1.29 is 44.2 Å². The number of hydrogen-bond acceptors (Lipinski definition) is 4. The van der Waals surface area contributed by atoms with E-state index in [0.717, 1.165) is 53.9 Å². The van der Waals surface area contributed by atoms with Crippen molar-refractivity contribution in [3.05, 3.63) is 87.9 Å². The van der Waals surface area contributed by atoms with Crippen molar-refractivity contribution in [2.24, 2.45) is 0 Å². The zero-order chi connectivity index (χ0) is 26.2. The molecule has 0 saturated carbocycles. The third-order valence-corrected chi connectivity index (χ3v) is 6.68. The first-order chi connectivity index (χ1) is 17.9. The van der Waals surface area contributed by atoms with Gasteiger partial charge in [-0.3, -0.25) is 4.57 Å². The predicted molar refractivity (Wildman–Crippen MR) is 148 cm³/mol. The molecule has 192 valence electrons. The molecule has 9 heteroatoms. The van der Waals surface area contributed by atoms with Crippen molar-refractivity contribution in [1.29, 1.82) is 0 Å². The van der Waals surface area contributed by atoms with E-state index in [1.807, 2.05) is 77.4 Å². The molecule has 0 unspecified atom stereocenters. The molecule has 0 bridgehead atoms. The first-order valence-corrected chi connectivity index (χ1v) is 13.3. The van der Waals surface area contributed by atoms with Crippen LogP contribution < -0.4 is 39.4 Å². The third kappa shape index (κ3) is 8.25. The molecule has 3 aromatic carbocycles. The molecule has 38 heavy (non-hydrogen) atoms. The number of benzene rings is 3. The number of aromatic nitrogens is 2. The Morgan fingerprint density at radius 3 is 1.82 bits per heavy atom. The molecule has 4 rings (SSSR count). The smallest absolute Gasteiger partial charge is 0.550 e. The van der Waals surface area contributed by atoms with Crippen LogP contribution in [-0.2, 0) is 4.79 Å². The first kappa shape index (κ1) is 30.6. The van der Waals surface area contributed by atoms with E-state index in [9.17, 15) is 9.90 Å². The minimum atomic E-state index is -0.995. The molecule has 0 amide bonds. The molecule has 0 fully saturated rings. The Balaban J connectivity index is 0.00000400. The molecule has 0 aliphatic heterocycles. The Morgan fingerprint density at radius 2 is 1.24 bits per heavy atom. The van der Waals surface area contributed by atoms with Crippen LogP contribution in [0.15, 0.2) is 72.8 Å². The van der Waals surface area contributed by atoms with Gasteiger partial charge in [-0.1, -0.05) is 78.3 Å². The maximum Gasteiger partial charge on any atom is 1.00 e. The molecule has 0 aliphatic rings. The van der Waals surface area contributed by atoms with Gasteiger partial charge >= 0.3 is 35.6 Å². The van der Waals surface area contributed by atoms with E-state index in [1.165, 1.54) is 0 Å². The van der Waals surface area contributed by atoms with E-state index in [4.69, 9.17) is 44.5 Å². The molecule has 4 aromatic rings. The fourth-order valence-electron chi connectivity index (χ4n) is 4.07. The average Bonchev–Trinajstić information content (AvgIpc) is 3.26. The number of ether oxygens (including phenoxy) is 1. The number of carbonyl (C=O) groups is 1. The Hall–Kier alpha value is -1.99. The second kappa shape index (κ2) is 15.0. The maximum atomic E-state index is 10.6. The van der Waals surface area contributed by atoms with Crippen molar-refractivity contribution >= 4 is 40.8 Å². The molecule has 0 atom stereocenters. The van der Waals surface area contributed by atoms with Gasteiger partial charge in [0.05, 0.1) is 18.0 Å². The van der Waals surface area contributed by atoms with Gasteiger partial charge in [0, 0.05) is 32.2 Å². The van der Waals surface area contributed by atoms with E-state index >= 15 is 0 Å². The van der Waals surface area contributed by atoms with Crippen LogP contribution in [0.2, 0.25) is 15.1 Å². The molecule has 0 spiro atoms. The van der Waals surface area contributed by atoms with E-state index in [2.05, 4.69) is 0 Å². The molecule has 0 N–H and O–H groups in total. The van der Waals surface area contributed by atoms with Crippen molar-refractivity contribution in [3.8, 4) is 34.2 Å². The molecule has 5 nitrogen and oxygen atoms in total. The van der Waals surface area contributed by atoms with Gasteiger partial charge in [-0.25, -0.2) is 0 Å². The summed E-state index contributed by atoms with van der Waals surface area (Å²) in [5, 5.41) is 12.5. The van der Waals surface area contributed by atoms with Gasteiger partial charge in [0.25, 0.3) is 0 Å². The quantitative estimate of drug-likeness (QED) is 0.181. The summed E-state index contributed by atoms with van der Waals surface area (Å²) in [6.07, 6.45) is 4.30. The van der Waals surface area contributed by atoms with Gasteiger partial charge in [-0.2, -0.15) is 4.98 Å². The van der Waals surface area contributed by atoms with Crippen LogP contribution in [0, 0.1) is 0 Å². The van der Waals surface area contributed by atoms with Crippen LogP contribution in [0.4, 0.5) is 0 Å². The molecule has 0 aliphatic carbocycles. The fraction of sp³-hybridized carbons (Fsp3) is 0.241. The zero-order valence-electron chi connectivity index (χ0n) is 21.1. The summed E-state index contributed by atoms with van der Waals surface area (Å²) in [4.78, 5) is 15.5. The number of imidazole rings is 1. The van der Waals surface area contributed by atoms with Crippen LogP contribution in [0.3, 0.4) is 0 Å². The molecule has 1 heterocycles. The molecular formula is C29H26Cl3N2NaO3. The predicted octanol–water partition coefficient (Wildman–Crippen LogP) is 4.64. The number of halogens is 3. The van der Waals surface area contributed by atoms with Crippen LogP contribution in [0.25, 0.3) is 28.2 Å². The van der Waals surface area contributed by atoms with E-state index in [0.29, 0.717) is 34.1 Å². The summed E-state index contributed by atoms with van der Waals surface area (Å²) >= 11 is 18.5. The van der Waals surface area contributed by atoms with Crippen LogP contribution in [0.1, 0.15) is 38.5 Å². The number of rotatable bonds is 12. The standard InChI is InChI=1S/C29H27Cl3N2O3.Na/c30-22-11-7-20(8-12-22)27-28(21-9-13-23(31)14-10-21)34(25-17-15-24(32)16-18-25)29(33-27)37-19-5-3-1-2-4-6-26(35)36;/h7-18H,1-6,19H2,(H,35,36);/q;+1/p-1. The summed E-state index contributed by atoms with van der Waals surface area (Å²) in [6.45, 7) is 0.477. The largest absolute Gasteiger partial charge is 1.00 e. The zero-order valence-corrected chi connectivity index (χ0v) is 25.4. The van der Waals surface area contributed by atoms with Gasteiger partial charge in [0.15, 0.2) is 0 Å². The van der Waals surface area contributed by atoms with Gasteiger partial charge in [-0.05, 0) is 67.8 Å². The van der Waals surface area contributed by atoms with Gasteiger partial charge in [0.1, 0.15) is 5.69 Å². The number of hydrogen-bond donors (Lipinski definition) is 0. The molecule has 0 saturated heterocycles. The Labute approximate surface area is 260 Å². The van der Waals surface area contributed by atoms with E-state index < -0.39 is 5.97 Å². The number of unbranched alkanes of at least 4 members (excludes halogenated alkanes) is 4. The summed E-state index contributed by atoms with van der Waals surface area (Å²) in [5.74, 6) is -0.995. The Kier molecular flexibility index (Phi) is 12.0. The summed E-state index contributed by atoms with van der Waals surface area (Å²) in [7, 11) is 0. The average molecular weight is 580 g/mol. The van der Waals surface area contributed by atoms with Crippen molar-refractivity contribution in [1.82, 2.24) is 9.55 Å². The van der Waals surface area contributed by atoms with Crippen LogP contribution >= 0.6 is 34.8 Å². The Morgan fingerprint density at radius 1 is 0.737 bits per heavy atom. The molecule has 1 aromatic heterocycles. The van der Waals surface area contributed by atoms with E-state index in [1.54, 1.807) is 0 Å². The number of nitrogens with zero attached hydrogens (tertiary/aromatic N) is 2. The number of carboxylic acids is 1. The van der Waals surface area contributed by atoms with Crippen LogP contribution in [0.5, 0.6) is 6.01 Å². The second-order valence-corrected chi connectivity index (χ2v) is 9.96. The molecule has 0 radical (unpaired) electrons. The number of carbonyl (C=O) groups excluding carboxylic acids is 1. The van der Waals surface area contributed by atoms with Gasteiger partial charge in [0.2, 0.25) is 0 Å². The van der Waals surface area contributed by atoms with Crippen LogP contribution in [-0.4, -0.2) is 22.1 Å². The number of aliphatic carboxylic acids is 1. The summed E-state index contributed by atoms with van der Waals surface area (Å²) in [6, 6.07) is 23.2. The normalized spacial score (nSPS) is 10.7. The third-order valence-electron chi connectivity index (χ3n) is 5.92. The van der Waals surface area contributed by atoms with Crippen molar-refractivity contribution in [3.63, 3.8) is 0 Å². The van der Waals surface area contributed by atoms with Crippen molar-refractivity contribution in [2.75, 3.05) is 6.61 Å². The summed E-state index contributed by atoms with van der Waals surface area (Å²) in [5.41, 5.74) is 4.31. The Bertz CT molecular complexity index is 1330. The minimum Gasteiger partial charge on any atom is -0.550 e. The van der Waals surface area contributed by atoms with Gasteiger partial charge < -0.3 is 14.6 Å². The fourth-order valence-corrected chi connectivity index (χ4v) is 4.45. The first-order valence-electron chi connectivity index (χ1n) is 12.2. The number of carboxylic acid groups (broad SMARTS) is 1. The monoisotopic (exact) mass is 578 g/mol. The molecular weight excluding hydrogens is 554 g/mol. The topological polar surface area (TPSA) is 67.2 Å². The van der Waals surface area contributed by atoms with E-state index in [-0.39, 0.29) is 36.0 Å². The SMILES string of the molecule is O=C([O-])CCCCCCCOc1nc(-c2ccc(Cl)cc2)c(-c2ccc(Cl)cc2)n1-c1ccc(Cl)cc1.[Na+]. The van der Waals surface area contributed by atoms with Gasteiger partial charge in [-0.15, -0.1) is 0 Å². The minimum absolute atomic E-state index is 0.